The molecule has 2 aromatic heterocycles. The normalized spacial score (nSPS) is 17.0. The second kappa shape index (κ2) is 6.84. The summed E-state index contributed by atoms with van der Waals surface area (Å²) in [6, 6.07) is 14.1. The molecule has 0 bridgehead atoms. The molecule has 6 heteroatoms. The first kappa shape index (κ1) is 15.5. The van der Waals surface area contributed by atoms with Crippen LogP contribution in [0.4, 0.5) is 4.79 Å². The minimum absolute atomic E-state index is 0.0236. The number of nitrogens with zero attached hydrogens (tertiary/aromatic N) is 3. The van der Waals surface area contributed by atoms with E-state index in [0.29, 0.717) is 6.54 Å². The van der Waals surface area contributed by atoms with Crippen LogP contribution in [0.3, 0.4) is 0 Å². The van der Waals surface area contributed by atoms with Crippen LogP contribution in [0.25, 0.3) is 5.69 Å². The summed E-state index contributed by atoms with van der Waals surface area (Å²) in [5.41, 5.74) is 3.09. The molecular formula is C19H21N5O. The second-order valence-electron chi connectivity index (χ2n) is 6.26. The monoisotopic (exact) mass is 335 g/mol. The maximum absolute atomic E-state index is 12.6. The number of likely N-dealkylation sites (tertiary alicyclic amines) is 1. The highest BCUT2D eigenvalue weighted by Gasteiger charge is 2.30. The van der Waals surface area contributed by atoms with E-state index in [2.05, 4.69) is 15.4 Å². The zero-order valence-electron chi connectivity index (χ0n) is 13.9. The highest BCUT2D eigenvalue weighted by Crippen LogP contribution is 2.30. The van der Waals surface area contributed by atoms with E-state index in [1.807, 2.05) is 64.4 Å². The molecule has 1 aliphatic rings. The van der Waals surface area contributed by atoms with Crippen molar-refractivity contribution in [3.8, 4) is 5.69 Å². The van der Waals surface area contributed by atoms with Crippen LogP contribution >= 0.6 is 0 Å². The number of aromatic nitrogens is 3. The lowest BCUT2D eigenvalue weighted by Crippen LogP contribution is -2.39. The summed E-state index contributed by atoms with van der Waals surface area (Å²) in [5, 5.41) is 7.38. The lowest BCUT2D eigenvalue weighted by atomic mass is 10.1. The standard InChI is InChI=1S/C19H21N5O/c25-19(23-11-5-9-18(23)17-8-4-10-20-17)21-12-15-13-22-24(14-15)16-6-2-1-3-7-16/h1-4,6-8,10,13-14,18,20H,5,9,11-12H2,(H,21,25). The second-order valence-corrected chi connectivity index (χ2v) is 6.26. The molecule has 0 radical (unpaired) electrons. The van der Waals surface area contributed by atoms with Gasteiger partial charge in [-0.2, -0.15) is 5.10 Å². The van der Waals surface area contributed by atoms with Gasteiger partial charge in [-0.25, -0.2) is 9.48 Å². The van der Waals surface area contributed by atoms with Crippen LogP contribution in [-0.4, -0.2) is 32.2 Å². The molecule has 1 unspecified atom stereocenters. The summed E-state index contributed by atoms with van der Waals surface area (Å²) in [6.45, 7) is 1.26. The molecular weight excluding hydrogens is 314 g/mol. The van der Waals surface area contributed by atoms with Gasteiger partial charge >= 0.3 is 6.03 Å². The van der Waals surface area contributed by atoms with Gasteiger partial charge in [0.2, 0.25) is 0 Å². The van der Waals surface area contributed by atoms with Crippen molar-refractivity contribution in [2.75, 3.05) is 6.54 Å². The van der Waals surface area contributed by atoms with Crippen LogP contribution in [0.5, 0.6) is 0 Å². The molecule has 0 aliphatic carbocycles. The topological polar surface area (TPSA) is 66.0 Å². The minimum Gasteiger partial charge on any atom is -0.363 e. The third kappa shape index (κ3) is 3.28. The Balaban J connectivity index is 1.38. The Bertz CT molecular complexity index is 825. The van der Waals surface area contributed by atoms with E-state index in [1.165, 1.54) is 0 Å². The van der Waals surface area contributed by atoms with E-state index in [1.54, 1.807) is 6.20 Å². The summed E-state index contributed by atoms with van der Waals surface area (Å²) >= 11 is 0. The number of para-hydroxylation sites is 1. The molecule has 0 spiro atoms. The quantitative estimate of drug-likeness (QED) is 0.768. The van der Waals surface area contributed by atoms with Crippen LogP contribution in [0, 0.1) is 0 Å². The molecule has 2 amide bonds. The Kier molecular flexibility index (Phi) is 4.24. The third-order valence-electron chi connectivity index (χ3n) is 4.60. The number of H-pyrrole nitrogens is 1. The fourth-order valence-corrected chi connectivity index (χ4v) is 3.34. The van der Waals surface area contributed by atoms with Crippen molar-refractivity contribution >= 4 is 6.03 Å². The minimum atomic E-state index is -0.0236. The highest BCUT2D eigenvalue weighted by atomic mass is 16.2. The molecule has 0 saturated carbocycles. The summed E-state index contributed by atoms with van der Waals surface area (Å²) in [7, 11) is 0. The number of hydrogen-bond acceptors (Lipinski definition) is 2. The number of carbonyl (C=O) groups excluding carboxylic acids is 1. The van der Waals surface area contributed by atoms with E-state index in [-0.39, 0.29) is 12.1 Å². The number of amides is 2. The SMILES string of the molecule is O=C(NCc1cnn(-c2ccccc2)c1)N1CCCC1c1ccc[nH]1. The number of nitrogens with one attached hydrogen (secondary N) is 2. The average Bonchev–Trinajstić information content (AvgIpc) is 3.41. The Morgan fingerprint density at radius 3 is 2.92 bits per heavy atom. The van der Waals surface area contributed by atoms with Crippen molar-refractivity contribution < 1.29 is 4.79 Å². The third-order valence-corrected chi connectivity index (χ3v) is 4.60. The fraction of sp³-hybridized carbons (Fsp3) is 0.263. The predicted octanol–water partition coefficient (Wildman–Crippen LogP) is 3.25. The summed E-state index contributed by atoms with van der Waals surface area (Å²) in [4.78, 5) is 17.7. The van der Waals surface area contributed by atoms with Gasteiger partial charge < -0.3 is 15.2 Å². The molecule has 3 heterocycles. The Labute approximate surface area is 146 Å². The predicted molar refractivity (Wildman–Crippen MR) is 95.3 cm³/mol. The van der Waals surface area contributed by atoms with E-state index >= 15 is 0 Å². The summed E-state index contributed by atoms with van der Waals surface area (Å²) in [5.74, 6) is 0. The number of benzene rings is 1. The van der Waals surface area contributed by atoms with Crippen molar-refractivity contribution in [1.29, 1.82) is 0 Å². The molecule has 1 aliphatic heterocycles. The van der Waals surface area contributed by atoms with E-state index in [4.69, 9.17) is 0 Å². The Hall–Kier alpha value is -3.02. The van der Waals surface area contributed by atoms with Gasteiger partial charge in [-0.3, -0.25) is 0 Å². The molecule has 1 aromatic carbocycles. The van der Waals surface area contributed by atoms with Crippen LogP contribution in [0.2, 0.25) is 0 Å². The van der Waals surface area contributed by atoms with Crippen molar-refractivity contribution in [3.05, 3.63) is 72.3 Å². The molecule has 2 N–H and O–H groups in total. The van der Waals surface area contributed by atoms with Crippen LogP contribution in [0.1, 0.15) is 30.1 Å². The molecule has 6 nitrogen and oxygen atoms in total. The first-order chi connectivity index (χ1) is 12.3. The zero-order chi connectivity index (χ0) is 17.1. The number of hydrogen-bond donors (Lipinski definition) is 2. The van der Waals surface area contributed by atoms with Gasteiger partial charge in [-0.15, -0.1) is 0 Å². The van der Waals surface area contributed by atoms with Gasteiger partial charge in [0.25, 0.3) is 0 Å². The largest absolute Gasteiger partial charge is 0.363 e. The summed E-state index contributed by atoms with van der Waals surface area (Å²) in [6.07, 6.45) is 7.67. The molecule has 1 atom stereocenters. The van der Waals surface area contributed by atoms with Crippen molar-refractivity contribution in [2.24, 2.45) is 0 Å². The lowest BCUT2D eigenvalue weighted by molar-refractivity contribution is 0.191. The van der Waals surface area contributed by atoms with Crippen molar-refractivity contribution in [1.82, 2.24) is 25.0 Å². The molecule has 1 fully saturated rings. The number of aromatic amines is 1. The number of carbonyl (C=O) groups is 1. The highest BCUT2D eigenvalue weighted by molar-refractivity contribution is 5.75. The maximum Gasteiger partial charge on any atom is 0.318 e. The van der Waals surface area contributed by atoms with Gasteiger partial charge in [0.1, 0.15) is 0 Å². The maximum atomic E-state index is 12.6. The average molecular weight is 335 g/mol. The Morgan fingerprint density at radius 1 is 1.24 bits per heavy atom. The first-order valence-electron chi connectivity index (χ1n) is 8.58. The van der Waals surface area contributed by atoms with Gasteiger partial charge in [-0.1, -0.05) is 18.2 Å². The zero-order valence-corrected chi connectivity index (χ0v) is 13.9. The van der Waals surface area contributed by atoms with Crippen LogP contribution in [-0.2, 0) is 6.54 Å². The molecule has 1 saturated heterocycles. The lowest BCUT2D eigenvalue weighted by Gasteiger charge is -2.24. The molecule has 25 heavy (non-hydrogen) atoms. The van der Waals surface area contributed by atoms with Gasteiger partial charge in [0.15, 0.2) is 0 Å². The smallest absolute Gasteiger partial charge is 0.318 e. The van der Waals surface area contributed by atoms with Gasteiger partial charge in [0, 0.05) is 36.7 Å². The molecule has 128 valence electrons. The van der Waals surface area contributed by atoms with Crippen LogP contribution < -0.4 is 5.32 Å². The van der Waals surface area contributed by atoms with Gasteiger partial charge in [0.05, 0.1) is 17.9 Å². The first-order valence-corrected chi connectivity index (χ1v) is 8.58. The van der Waals surface area contributed by atoms with Crippen molar-refractivity contribution in [2.45, 2.75) is 25.4 Å². The van der Waals surface area contributed by atoms with Crippen LogP contribution in [0.15, 0.2) is 61.1 Å². The van der Waals surface area contributed by atoms with E-state index in [0.717, 1.165) is 36.3 Å². The van der Waals surface area contributed by atoms with E-state index < -0.39 is 0 Å². The van der Waals surface area contributed by atoms with Crippen molar-refractivity contribution in [3.63, 3.8) is 0 Å². The molecule has 3 aromatic rings. The number of urea groups is 1. The Morgan fingerprint density at radius 2 is 2.12 bits per heavy atom. The van der Waals surface area contributed by atoms with E-state index in [9.17, 15) is 4.79 Å². The molecule has 4 rings (SSSR count). The summed E-state index contributed by atoms with van der Waals surface area (Å²) < 4.78 is 1.82. The van der Waals surface area contributed by atoms with Gasteiger partial charge in [-0.05, 0) is 37.1 Å². The fourth-order valence-electron chi connectivity index (χ4n) is 3.34. The number of rotatable bonds is 4.